The summed E-state index contributed by atoms with van der Waals surface area (Å²) in [5.74, 6) is 0.675. The first-order valence-electron chi connectivity index (χ1n) is 17.1. The Labute approximate surface area is 325 Å². The van der Waals surface area contributed by atoms with Crippen LogP contribution >= 0.6 is 0 Å². The molecule has 0 saturated heterocycles. The minimum atomic E-state index is 0. The van der Waals surface area contributed by atoms with Gasteiger partial charge in [0.15, 0.2) is 0 Å². The third-order valence-electron chi connectivity index (χ3n) is 9.11. The van der Waals surface area contributed by atoms with Gasteiger partial charge in [0.2, 0.25) is 0 Å². The number of hydrogen-bond acceptors (Lipinski definition) is 0. The Bertz CT molecular complexity index is 1710. The predicted octanol–water partition coefficient (Wildman–Crippen LogP) is 6.23. The van der Waals surface area contributed by atoms with E-state index >= 15 is 0 Å². The first kappa shape index (κ1) is 42.7. The molecule has 3 heteroatoms. The zero-order valence-corrected chi connectivity index (χ0v) is 35.7. The van der Waals surface area contributed by atoms with Gasteiger partial charge >= 0.3 is 112 Å². The van der Waals surface area contributed by atoms with E-state index in [-0.39, 0.29) is 35.6 Å². The molecule has 0 amide bonds. The predicted molar refractivity (Wildman–Crippen MR) is 202 cm³/mol. The fraction of sp³-hybridized carbons (Fsp3) is 0.348. The van der Waals surface area contributed by atoms with E-state index in [0.29, 0.717) is 5.92 Å². The van der Waals surface area contributed by atoms with Crippen molar-refractivity contribution in [1.29, 1.82) is 0 Å². The summed E-state index contributed by atoms with van der Waals surface area (Å²) in [5.41, 5.74) is 18.4. The molecule has 49 heavy (non-hydrogen) atoms. The van der Waals surface area contributed by atoms with Gasteiger partial charge in [-0.1, -0.05) is 110 Å². The minimum Gasteiger partial charge on any atom is -1.00 e. The molecule has 0 aromatic heterocycles. The molecule has 0 bridgehead atoms. The fourth-order valence-corrected chi connectivity index (χ4v) is 6.86. The van der Waals surface area contributed by atoms with Crippen molar-refractivity contribution in [3.8, 4) is 11.1 Å². The van der Waals surface area contributed by atoms with Crippen LogP contribution in [0.4, 0.5) is 0 Å². The quantitative estimate of drug-likeness (QED) is 0.188. The van der Waals surface area contributed by atoms with Gasteiger partial charge < -0.3 is 24.8 Å². The molecule has 0 nitrogen and oxygen atoms in total. The fourth-order valence-electron chi connectivity index (χ4n) is 6.04. The maximum atomic E-state index is 3.53. The molecule has 6 rings (SSSR count). The van der Waals surface area contributed by atoms with E-state index in [9.17, 15) is 0 Å². The first-order chi connectivity index (χ1) is 21.9. The van der Waals surface area contributed by atoms with E-state index < -0.39 is 0 Å². The number of rotatable bonds is 3. The second-order valence-electron chi connectivity index (χ2n) is 15.8. The molecule has 5 aromatic carbocycles. The second kappa shape index (κ2) is 17.7. The maximum absolute atomic E-state index is 3.53. The molecular weight excluding hydrogens is 715 g/mol. The van der Waals surface area contributed by atoms with Crippen LogP contribution in [0.15, 0.2) is 91.0 Å². The van der Waals surface area contributed by atoms with Crippen molar-refractivity contribution in [2.45, 2.75) is 106 Å². The monoisotopic (exact) mass is 766 g/mol. The van der Waals surface area contributed by atoms with Crippen molar-refractivity contribution in [3.63, 3.8) is 0 Å². The number of hydrogen-bond donors (Lipinski definition) is 0. The Morgan fingerprint density at radius 1 is 0.673 bits per heavy atom. The van der Waals surface area contributed by atoms with Gasteiger partial charge in [0, 0.05) is 0 Å². The van der Waals surface area contributed by atoms with Gasteiger partial charge in [0.05, 0.1) is 0 Å². The summed E-state index contributed by atoms with van der Waals surface area (Å²) in [5, 5.41) is 0. The molecule has 0 aliphatic heterocycles. The maximum Gasteiger partial charge on any atom is -1.00 e. The number of aryl methyl sites for hydroxylation is 4. The van der Waals surface area contributed by atoms with Crippen LogP contribution in [-0.2, 0) is 41.5 Å². The van der Waals surface area contributed by atoms with Gasteiger partial charge in [-0.15, -0.1) is 5.56 Å². The molecule has 0 saturated carbocycles. The molecule has 0 atom stereocenters. The van der Waals surface area contributed by atoms with Crippen LogP contribution in [-0.4, -0.2) is 3.21 Å². The Morgan fingerprint density at radius 3 is 1.57 bits per heavy atom. The molecular formula is C46H54Cl2Zr-2. The van der Waals surface area contributed by atoms with E-state index in [0.717, 1.165) is 6.42 Å². The molecule has 5 aromatic rings. The molecule has 0 unspecified atom stereocenters. The van der Waals surface area contributed by atoms with Gasteiger partial charge in [-0.05, 0) is 17.4 Å². The minimum absolute atomic E-state index is 0. The molecule has 1 aliphatic carbocycles. The Kier molecular flexibility index (Phi) is 15.4. The average Bonchev–Trinajstić information content (AvgIpc) is 3.55. The van der Waals surface area contributed by atoms with Crippen LogP contribution < -0.4 is 24.8 Å². The molecule has 1 aliphatic rings. The third-order valence-corrected chi connectivity index (χ3v) is 10.5. The van der Waals surface area contributed by atoms with Crippen molar-refractivity contribution in [3.05, 3.63) is 158 Å². The molecule has 0 spiro atoms. The zero-order valence-electron chi connectivity index (χ0n) is 31.7. The van der Waals surface area contributed by atoms with Gasteiger partial charge in [-0.25, -0.2) is 6.07 Å². The van der Waals surface area contributed by atoms with Crippen LogP contribution in [0.5, 0.6) is 0 Å². The number of halogens is 2. The first-order valence-corrected chi connectivity index (χ1v) is 18.3. The zero-order chi connectivity index (χ0) is 34.7. The van der Waals surface area contributed by atoms with Crippen molar-refractivity contribution in [2.24, 2.45) is 0 Å². The molecule has 0 radical (unpaired) electrons. The topological polar surface area (TPSA) is 0 Å². The van der Waals surface area contributed by atoms with Gasteiger partial charge in [0.1, 0.15) is 0 Å². The van der Waals surface area contributed by atoms with E-state index in [2.05, 4.69) is 180 Å². The Balaban J connectivity index is 0.000000265. The van der Waals surface area contributed by atoms with E-state index in [1.807, 2.05) is 0 Å². The van der Waals surface area contributed by atoms with Gasteiger partial charge in [-0.2, -0.15) is 52.1 Å². The summed E-state index contributed by atoms with van der Waals surface area (Å²) in [6, 6.07) is 37.1. The Morgan fingerprint density at radius 2 is 1.16 bits per heavy atom. The van der Waals surface area contributed by atoms with Gasteiger partial charge in [-0.3, -0.25) is 0 Å². The summed E-state index contributed by atoms with van der Waals surface area (Å²) in [6.07, 6.45) is 1.03. The van der Waals surface area contributed by atoms with Crippen LogP contribution in [0.25, 0.3) is 11.1 Å². The normalized spacial score (nSPS) is 11.6. The number of fused-ring (bicyclic) bond motifs is 3. The summed E-state index contributed by atoms with van der Waals surface area (Å²) in [4.78, 5) is 0. The molecule has 0 heterocycles. The third kappa shape index (κ3) is 11.3. The molecule has 0 N–H and O–H groups in total. The van der Waals surface area contributed by atoms with Crippen molar-refractivity contribution < 1.29 is 49.0 Å². The van der Waals surface area contributed by atoms with Crippen LogP contribution in [0.3, 0.4) is 0 Å². The van der Waals surface area contributed by atoms with E-state index in [1.54, 1.807) is 0 Å². The molecule has 0 fully saturated rings. The van der Waals surface area contributed by atoms with Crippen molar-refractivity contribution >= 4 is 3.21 Å². The average molecular weight is 769 g/mol. The van der Waals surface area contributed by atoms with Crippen LogP contribution in [0.2, 0.25) is 0 Å². The smallest absolute Gasteiger partial charge is 1.00 e. The van der Waals surface area contributed by atoms with E-state index in [1.165, 1.54) is 99.8 Å². The van der Waals surface area contributed by atoms with Crippen LogP contribution in [0, 0.1) is 33.8 Å². The summed E-state index contributed by atoms with van der Waals surface area (Å²) in [7, 11) is 0. The largest absolute Gasteiger partial charge is 1.00 e. The molecule has 258 valence electrons. The second-order valence-corrected chi connectivity index (χ2v) is 17.0. The summed E-state index contributed by atoms with van der Waals surface area (Å²) >= 11 is 1.46. The summed E-state index contributed by atoms with van der Waals surface area (Å²) < 4.78 is 1.42. The van der Waals surface area contributed by atoms with Crippen molar-refractivity contribution in [1.82, 2.24) is 0 Å². The summed E-state index contributed by atoms with van der Waals surface area (Å²) in [6.45, 7) is 26.7. The van der Waals surface area contributed by atoms with Gasteiger partial charge in [0.25, 0.3) is 0 Å². The van der Waals surface area contributed by atoms with Crippen LogP contribution in [0.1, 0.15) is 123 Å². The number of benzene rings is 4. The SMILES string of the molecule is CC(C)(C)c1c[c-]c2c(c1)-c1cc(C(C)(C)C)ccc1C2.Cc1cc(C(C)C)c(C)[cH-]1.Cc1ccc([C](=[Zr+2])c2ccc(C)cc2)cc1.[Cl-].[Cl-]. The van der Waals surface area contributed by atoms with Crippen molar-refractivity contribution in [2.75, 3.05) is 0 Å². The Hall–Kier alpha value is -2.44. The standard InChI is InChI=1S/C21H25.C15H14.C10H15.2ClH.Zr/c1-20(2,3)16-9-7-14-11-15-8-10-17(21(4,5)6)13-19(15)18(14)12-16;1-12-3-7-14(8-4-12)11-15-9-5-13(2)6-10-15;1-7(2)10-6-8(3)5-9(10)4;;;/h7,9-10,12-13H,11H2,1-6H3;3-10H,1-2H3;5-7H,1-4H3;2*1H;/q-1;;-1;;;+2/p-2. The van der Waals surface area contributed by atoms with E-state index in [4.69, 9.17) is 0 Å².